The summed E-state index contributed by atoms with van der Waals surface area (Å²) in [6, 6.07) is 16.1. The Balaban J connectivity index is 2.18. The van der Waals surface area contributed by atoms with Crippen molar-refractivity contribution >= 4 is 75.7 Å². The number of fused-ring (bicyclic) bond motifs is 7. The lowest BCUT2D eigenvalue weighted by Gasteiger charge is -1.96. The Kier molecular flexibility index (Phi) is 2.53. The molecule has 5 rings (SSSR count). The predicted octanol–water partition coefficient (Wildman–Crippen LogP) is 7.01. The van der Waals surface area contributed by atoms with Gasteiger partial charge >= 0.3 is 0 Å². The molecule has 0 saturated heterocycles. The number of para-hydroxylation sites is 1. The van der Waals surface area contributed by atoms with E-state index in [2.05, 4.69) is 44.0 Å². The Morgan fingerprint density at radius 2 is 1.50 bits per heavy atom. The van der Waals surface area contributed by atoms with E-state index in [1.165, 1.54) is 0 Å². The first-order valence-electron chi connectivity index (χ1n) is 6.84. The van der Waals surface area contributed by atoms with Crippen molar-refractivity contribution in [1.82, 2.24) is 0 Å². The third-order valence-electron chi connectivity index (χ3n) is 4.00. The van der Waals surface area contributed by atoms with Crippen molar-refractivity contribution in [3.8, 4) is 0 Å². The average Bonchev–Trinajstić information content (AvgIpc) is 3.05. The van der Waals surface area contributed by atoms with Crippen LogP contribution < -0.4 is 0 Å². The Bertz CT molecular complexity index is 1200. The van der Waals surface area contributed by atoms with Crippen molar-refractivity contribution in [3.05, 3.63) is 57.5 Å². The standard InChI is InChI=1S/C18H8Br2O2/c19-9-5-6-14-11(7-9)16-15(21-14)8-12(20)18-17(16)10-3-1-2-4-13(10)22-18/h1-8H. The highest BCUT2D eigenvalue weighted by atomic mass is 79.9. The van der Waals surface area contributed by atoms with Crippen LogP contribution >= 0.6 is 31.9 Å². The zero-order chi connectivity index (χ0) is 14.8. The van der Waals surface area contributed by atoms with Crippen LogP contribution in [0.15, 0.2) is 66.3 Å². The zero-order valence-electron chi connectivity index (χ0n) is 11.2. The van der Waals surface area contributed by atoms with Crippen molar-refractivity contribution in [2.45, 2.75) is 0 Å². The summed E-state index contributed by atoms with van der Waals surface area (Å²) >= 11 is 7.15. The molecule has 0 amide bonds. The maximum absolute atomic E-state index is 6.04. The Hall–Kier alpha value is -1.78. The molecule has 0 aliphatic heterocycles. The fourth-order valence-electron chi connectivity index (χ4n) is 3.09. The fraction of sp³-hybridized carbons (Fsp3) is 0. The van der Waals surface area contributed by atoms with E-state index >= 15 is 0 Å². The van der Waals surface area contributed by atoms with Gasteiger partial charge in [-0.15, -0.1) is 0 Å². The summed E-state index contributed by atoms with van der Waals surface area (Å²) in [6.45, 7) is 0. The van der Waals surface area contributed by atoms with Gasteiger partial charge in [-0.1, -0.05) is 34.1 Å². The first-order chi connectivity index (χ1) is 10.7. The molecule has 0 unspecified atom stereocenters. The molecule has 2 nitrogen and oxygen atoms in total. The van der Waals surface area contributed by atoms with Gasteiger partial charge in [0, 0.05) is 26.0 Å². The van der Waals surface area contributed by atoms with Crippen LogP contribution in [0.4, 0.5) is 0 Å². The number of benzene rings is 3. The van der Waals surface area contributed by atoms with Crippen molar-refractivity contribution in [2.75, 3.05) is 0 Å². The molecule has 4 heteroatoms. The quantitative estimate of drug-likeness (QED) is 0.272. The van der Waals surface area contributed by atoms with Crippen LogP contribution in [-0.2, 0) is 0 Å². The molecule has 106 valence electrons. The van der Waals surface area contributed by atoms with Gasteiger partial charge in [0.15, 0.2) is 0 Å². The van der Waals surface area contributed by atoms with Gasteiger partial charge in [0.25, 0.3) is 0 Å². The molecule has 0 aliphatic rings. The maximum Gasteiger partial charge on any atom is 0.150 e. The monoisotopic (exact) mass is 414 g/mol. The number of halogens is 2. The minimum absolute atomic E-state index is 0.858. The summed E-state index contributed by atoms with van der Waals surface area (Å²) in [6.07, 6.45) is 0. The molecule has 22 heavy (non-hydrogen) atoms. The number of furan rings is 2. The number of hydrogen-bond donors (Lipinski definition) is 0. The third kappa shape index (κ3) is 1.59. The molecule has 2 heterocycles. The minimum atomic E-state index is 0.858. The molecule has 0 atom stereocenters. The topological polar surface area (TPSA) is 26.3 Å². The molecule has 5 aromatic rings. The van der Waals surface area contributed by atoms with Gasteiger partial charge in [-0.05, 0) is 46.3 Å². The maximum atomic E-state index is 6.04. The van der Waals surface area contributed by atoms with E-state index in [4.69, 9.17) is 8.83 Å². The normalized spacial score (nSPS) is 12.1. The highest BCUT2D eigenvalue weighted by molar-refractivity contribution is 9.11. The summed E-state index contributed by atoms with van der Waals surface area (Å²) in [5.41, 5.74) is 3.48. The predicted molar refractivity (Wildman–Crippen MR) is 96.4 cm³/mol. The first-order valence-corrected chi connectivity index (χ1v) is 8.42. The van der Waals surface area contributed by atoms with Crippen LogP contribution in [0.2, 0.25) is 0 Å². The lowest BCUT2D eigenvalue weighted by molar-refractivity contribution is 0.661. The highest BCUT2D eigenvalue weighted by Crippen LogP contribution is 2.43. The van der Waals surface area contributed by atoms with Crippen LogP contribution in [0.5, 0.6) is 0 Å². The second-order valence-corrected chi connectivity index (χ2v) is 7.05. The molecule has 0 N–H and O–H groups in total. The molecule has 0 radical (unpaired) electrons. The summed E-state index contributed by atoms with van der Waals surface area (Å²) in [7, 11) is 0. The zero-order valence-corrected chi connectivity index (χ0v) is 14.4. The van der Waals surface area contributed by atoms with Gasteiger partial charge in [-0.25, -0.2) is 0 Å². The van der Waals surface area contributed by atoms with Crippen LogP contribution in [0.3, 0.4) is 0 Å². The van der Waals surface area contributed by atoms with Gasteiger partial charge < -0.3 is 8.83 Å². The van der Waals surface area contributed by atoms with E-state index in [9.17, 15) is 0 Å². The third-order valence-corrected chi connectivity index (χ3v) is 5.08. The van der Waals surface area contributed by atoms with Crippen LogP contribution in [0.25, 0.3) is 43.9 Å². The van der Waals surface area contributed by atoms with Crippen LogP contribution in [0, 0.1) is 0 Å². The fourth-order valence-corrected chi connectivity index (χ4v) is 3.94. The highest BCUT2D eigenvalue weighted by Gasteiger charge is 2.18. The van der Waals surface area contributed by atoms with E-state index < -0.39 is 0 Å². The number of hydrogen-bond acceptors (Lipinski definition) is 2. The summed E-state index contributed by atoms with van der Waals surface area (Å²) in [5, 5.41) is 4.39. The molecule has 0 fully saturated rings. The lowest BCUT2D eigenvalue weighted by Crippen LogP contribution is -1.73. The average molecular weight is 416 g/mol. The van der Waals surface area contributed by atoms with E-state index in [0.717, 1.165) is 52.8 Å². The first kappa shape index (κ1) is 12.7. The Morgan fingerprint density at radius 1 is 0.682 bits per heavy atom. The molecule has 2 aromatic heterocycles. The largest absolute Gasteiger partial charge is 0.456 e. The van der Waals surface area contributed by atoms with Gasteiger partial charge in [-0.3, -0.25) is 0 Å². The molecular weight excluding hydrogens is 408 g/mol. The smallest absolute Gasteiger partial charge is 0.150 e. The van der Waals surface area contributed by atoms with Gasteiger partial charge in [-0.2, -0.15) is 0 Å². The van der Waals surface area contributed by atoms with Gasteiger partial charge in [0.2, 0.25) is 0 Å². The molecule has 0 saturated carbocycles. The SMILES string of the molecule is Brc1ccc2oc3cc(Br)c4oc5ccccc5c4c3c2c1. The van der Waals surface area contributed by atoms with Crippen molar-refractivity contribution < 1.29 is 8.83 Å². The summed E-state index contributed by atoms with van der Waals surface area (Å²) < 4.78 is 14.0. The molecule has 0 spiro atoms. The van der Waals surface area contributed by atoms with E-state index in [1.807, 2.05) is 36.4 Å². The van der Waals surface area contributed by atoms with E-state index in [1.54, 1.807) is 0 Å². The van der Waals surface area contributed by atoms with E-state index in [-0.39, 0.29) is 0 Å². The van der Waals surface area contributed by atoms with Crippen molar-refractivity contribution in [1.29, 1.82) is 0 Å². The van der Waals surface area contributed by atoms with Gasteiger partial charge in [0.1, 0.15) is 22.3 Å². The molecular formula is C18H8Br2O2. The number of rotatable bonds is 0. The Labute approximate surface area is 141 Å². The molecule has 0 aliphatic carbocycles. The summed E-state index contributed by atoms with van der Waals surface area (Å²) in [4.78, 5) is 0. The van der Waals surface area contributed by atoms with E-state index in [0.29, 0.717) is 0 Å². The Morgan fingerprint density at radius 3 is 2.41 bits per heavy atom. The molecule has 3 aromatic carbocycles. The van der Waals surface area contributed by atoms with Crippen molar-refractivity contribution in [3.63, 3.8) is 0 Å². The second kappa shape index (κ2) is 4.37. The second-order valence-electron chi connectivity index (χ2n) is 5.28. The van der Waals surface area contributed by atoms with Crippen molar-refractivity contribution in [2.24, 2.45) is 0 Å². The van der Waals surface area contributed by atoms with Crippen LogP contribution in [-0.4, -0.2) is 0 Å². The molecule has 0 bridgehead atoms. The lowest BCUT2D eigenvalue weighted by atomic mass is 10.1. The van der Waals surface area contributed by atoms with Crippen LogP contribution in [0.1, 0.15) is 0 Å². The summed E-state index contributed by atoms with van der Waals surface area (Å²) in [5.74, 6) is 0. The van der Waals surface area contributed by atoms with Gasteiger partial charge in [0.05, 0.1) is 4.47 Å². The minimum Gasteiger partial charge on any atom is -0.456 e.